The summed E-state index contributed by atoms with van der Waals surface area (Å²) >= 11 is 0. The Hall–Kier alpha value is -3.59. The van der Waals surface area contributed by atoms with E-state index in [2.05, 4.69) is 20.8 Å². The topological polar surface area (TPSA) is 119 Å². The van der Waals surface area contributed by atoms with Crippen LogP contribution in [-0.4, -0.2) is 44.3 Å². The third kappa shape index (κ3) is 5.02. The molecule has 0 aliphatic rings. The number of tetrazole rings is 1. The smallest absolute Gasteiger partial charge is 0.335 e. The minimum Gasteiger partial charge on any atom is -0.478 e. The third-order valence-electron chi connectivity index (χ3n) is 4.35. The van der Waals surface area contributed by atoms with Crippen molar-refractivity contribution >= 4 is 17.6 Å². The number of amides is 1. The molecule has 0 fully saturated rings. The maximum atomic E-state index is 13.1. The number of carbonyl (C=O) groups is 2. The average Bonchev–Trinajstić information content (AvgIpc) is 3.12. The van der Waals surface area contributed by atoms with Gasteiger partial charge in [-0.2, -0.15) is 0 Å². The molecule has 1 aromatic heterocycles. The maximum Gasteiger partial charge on any atom is 0.335 e. The van der Waals surface area contributed by atoms with Gasteiger partial charge >= 0.3 is 5.97 Å². The number of nitrogens with zero attached hydrogens (tertiary/aromatic N) is 4. The van der Waals surface area contributed by atoms with Crippen molar-refractivity contribution in [3.63, 3.8) is 0 Å². The molecule has 0 saturated heterocycles. The van der Waals surface area contributed by atoms with Crippen LogP contribution in [0.3, 0.4) is 0 Å². The number of ether oxygens (including phenoxy) is 1. The fourth-order valence-electron chi connectivity index (χ4n) is 3.02. The summed E-state index contributed by atoms with van der Waals surface area (Å²) in [7, 11) is 1.52. The number of carboxylic acid groups (broad SMARTS) is 1. The average molecular weight is 395 g/mol. The Bertz CT molecular complexity index is 1000. The van der Waals surface area contributed by atoms with Crippen LogP contribution < -0.4 is 5.32 Å². The summed E-state index contributed by atoms with van der Waals surface area (Å²) in [5, 5.41) is 23.6. The van der Waals surface area contributed by atoms with Crippen LogP contribution >= 0.6 is 0 Å². The van der Waals surface area contributed by atoms with Gasteiger partial charge in [0.15, 0.2) is 0 Å². The van der Waals surface area contributed by atoms with Crippen LogP contribution in [0, 0.1) is 6.92 Å². The van der Waals surface area contributed by atoms with Crippen molar-refractivity contribution in [2.75, 3.05) is 12.4 Å². The van der Waals surface area contributed by atoms with Gasteiger partial charge in [0.2, 0.25) is 5.91 Å². The van der Waals surface area contributed by atoms with Crippen molar-refractivity contribution < 1.29 is 19.4 Å². The predicted molar refractivity (Wildman–Crippen MR) is 104 cm³/mol. The lowest BCUT2D eigenvalue weighted by Crippen LogP contribution is -2.29. The van der Waals surface area contributed by atoms with Crippen LogP contribution in [0.5, 0.6) is 0 Å². The molecule has 0 spiro atoms. The lowest BCUT2D eigenvalue weighted by atomic mass is 10.0. The van der Waals surface area contributed by atoms with E-state index in [1.54, 1.807) is 13.0 Å². The lowest BCUT2D eigenvalue weighted by Gasteiger charge is -2.18. The summed E-state index contributed by atoms with van der Waals surface area (Å²) in [5.74, 6) is -0.939. The SMILES string of the molecule is COCc1cc(NC(=O)C(Cc2ccccc2)n2nnnc2C)cc(C(=O)O)c1. The lowest BCUT2D eigenvalue weighted by molar-refractivity contribution is -0.119. The molecule has 29 heavy (non-hydrogen) atoms. The van der Waals surface area contributed by atoms with E-state index in [4.69, 9.17) is 4.74 Å². The first-order valence-electron chi connectivity index (χ1n) is 8.93. The number of rotatable bonds is 8. The highest BCUT2D eigenvalue weighted by Crippen LogP contribution is 2.20. The fraction of sp³-hybridized carbons (Fsp3) is 0.250. The monoisotopic (exact) mass is 395 g/mol. The Morgan fingerprint density at radius 1 is 1.17 bits per heavy atom. The molecule has 0 radical (unpaired) electrons. The standard InChI is InChI=1S/C20H21N5O4/c1-13-22-23-24-25(13)18(10-14-6-4-3-5-7-14)19(26)21-17-9-15(12-29-2)8-16(11-17)20(27)28/h3-9,11,18H,10,12H2,1-2H3,(H,21,26)(H,27,28). The third-order valence-corrected chi connectivity index (χ3v) is 4.35. The van der Waals surface area contributed by atoms with E-state index in [1.165, 1.54) is 23.9 Å². The van der Waals surface area contributed by atoms with Gasteiger partial charge in [-0.15, -0.1) is 5.10 Å². The van der Waals surface area contributed by atoms with Crippen molar-refractivity contribution in [1.29, 1.82) is 0 Å². The Labute approximate surface area is 167 Å². The van der Waals surface area contributed by atoms with E-state index in [-0.39, 0.29) is 18.1 Å². The van der Waals surface area contributed by atoms with Crippen molar-refractivity contribution in [3.8, 4) is 0 Å². The number of anilines is 1. The van der Waals surface area contributed by atoms with E-state index >= 15 is 0 Å². The van der Waals surface area contributed by atoms with Crippen molar-refractivity contribution in [2.45, 2.75) is 26.0 Å². The summed E-state index contributed by atoms with van der Waals surface area (Å²) in [4.78, 5) is 24.5. The normalized spacial score (nSPS) is 11.8. The number of benzene rings is 2. The minimum atomic E-state index is -1.09. The number of aromatic carboxylic acids is 1. The van der Waals surface area contributed by atoms with Crippen molar-refractivity contribution in [1.82, 2.24) is 20.2 Å². The van der Waals surface area contributed by atoms with Gasteiger partial charge in [-0.25, -0.2) is 9.48 Å². The van der Waals surface area contributed by atoms with Crippen LogP contribution in [0.25, 0.3) is 0 Å². The Morgan fingerprint density at radius 3 is 2.55 bits per heavy atom. The summed E-state index contributed by atoms with van der Waals surface area (Å²) in [6, 6.07) is 13.4. The number of hydrogen-bond donors (Lipinski definition) is 2. The van der Waals surface area contributed by atoms with Crippen LogP contribution in [0.4, 0.5) is 5.69 Å². The van der Waals surface area contributed by atoms with Gasteiger partial charge in [0.25, 0.3) is 0 Å². The molecule has 9 nitrogen and oxygen atoms in total. The maximum absolute atomic E-state index is 13.1. The Morgan fingerprint density at radius 2 is 1.93 bits per heavy atom. The number of methoxy groups -OCH3 is 1. The zero-order chi connectivity index (χ0) is 20.8. The molecule has 9 heteroatoms. The predicted octanol–water partition coefficient (Wildman–Crippen LogP) is 2.25. The molecule has 1 heterocycles. The molecule has 150 valence electrons. The second-order valence-electron chi connectivity index (χ2n) is 6.52. The second-order valence-corrected chi connectivity index (χ2v) is 6.52. The molecule has 0 aliphatic carbocycles. The molecule has 0 aliphatic heterocycles. The van der Waals surface area contributed by atoms with Gasteiger partial charge < -0.3 is 15.2 Å². The Balaban J connectivity index is 1.90. The number of carboxylic acids is 1. The zero-order valence-electron chi connectivity index (χ0n) is 16.1. The van der Waals surface area contributed by atoms with E-state index in [0.29, 0.717) is 23.5 Å². The molecule has 2 aromatic carbocycles. The first-order valence-corrected chi connectivity index (χ1v) is 8.93. The van der Waals surface area contributed by atoms with Crippen LogP contribution in [0.1, 0.15) is 33.4 Å². The summed E-state index contributed by atoms with van der Waals surface area (Å²) in [6.45, 7) is 1.94. The highest BCUT2D eigenvalue weighted by atomic mass is 16.5. The molecular weight excluding hydrogens is 374 g/mol. The number of nitrogens with one attached hydrogen (secondary N) is 1. The zero-order valence-corrected chi connectivity index (χ0v) is 16.1. The van der Waals surface area contributed by atoms with Crippen molar-refractivity contribution in [3.05, 3.63) is 71.0 Å². The van der Waals surface area contributed by atoms with Crippen molar-refractivity contribution in [2.24, 2.45) is 0 Å². The van der Waals surface area contributed by atoms with Gasteiger partial charge in [-0.05, 0) is 46.7 Å². The Kier molecular flexibility index (Phi) is 6.30. The highest BCUT2D eigenvalue weighted by molar-refractivity contribution is 5.96. The number of carbonyl (C=O) groups excluding carboxylic acids is 1. The number of aryl methyl sites for hydroxylation is 1. The second kappa shape index (κ2) is 9.07. The van der Waals surface area contributed by atoms with E-state index in [0.717, 1.165) is 5.56 Å². The first-order chi connectivity index (χ1) is 14.0. The molecule has 1 unspecified atom stereocenters. The molecule has 1 atom stereocenters. The quantitative estimate of drug-likeness (QED) is 0.600. The molecule has 3 aromatic rings. The van der Waals surface area contributed by atoms with Crippen LogP contribution in [0.15, 0.2) is 48.5 Å². The van der Waals surface area contributed by atoms with E-state index < -0.39 is 12.0 Å². The number of aromatic nitrogens is 4. The van der Waals surface area contributed by atoms with Gasteiger partial charge in [-0.3, -0.25) is 4.79 Å². The molecule has 1 amide bonds. The van der Waals surface area contributed by atoms with Gasteiger partial charge in [0.05, 0.1) is 12.2 Å². The molecule has 2 N–H and O–H groups in total. The summed E-state index contributed by atoms with van der Waals surface area (Å²) in [5.41, 5.74) is 2.02. The molecule has 0 saturated carbocycles. The van der Waals surface area contributed by atoms with E-state index in [1.807, 2.05) is 30.3 Å². The van der Waals surface area contributed by atoms with E-state index in [9.17, 15) is 14.7 Å². The van der Waals surface area contributed by atoms with Crippen LogP contribution in [-0.2, 0) is 22.6 Å². The van der Waals surface area contributed by atoms with Gasteiger partial charge in [-0.1, -0.05) is 30.3 Å². The first kappa shape index (κ1) is 20.2. The summed E-state index contributed by atoms with van der Waals surface area (Å²) in [6.07, 6.45) is 0.377. The summed E-state index contributed by atoms with van der Waals surface area (Å²) < 4.78 is 6.55. The van der Waals surface area contributed by atoms with Gasteiger partial charge in [0, 0.05) is 19.2 Å². The highest BCUT2D eigenvalue weighted by Gasteiger charge is 2.25. The van der Waals surface area contributed by atoms with Crippen LogP contribution in [0.2, 0.25) is 0 Å². The largest absolute Gasteiger partial charge is 0.478 e. The minimum absolute atomic E-state index is 0.0630. The fourth-order valence-corrected chi connectivity index (χ4v) is 3.02. The molecule has 3 rings (SSSR count). The number of hydrogen-bond acceptors (Lipinski definition) is 6. The molecular formula is C20H21N5O4. The van der Waals surface area contributed by atoms with Gasteiger partial charge in [0.1, 0.15) is 11.9 Å². The molecule has 0 bridgehead atoms.